The highest BCUT2D eigenvalue weighted by Crippen LogP contribution is 2.25. The largest absolute Gasteiger partial charge is 0.301 e. The van der Waals surface area contributed by atoms with E-state index in [4.69, 9.17) is 11.6 Å². The van der Waals surface area contributed by atoms with Crippen LogP contribution in [0.2, 0.25) is 5.02 Å². The third-order valence-corrected chi connectivity index (χ3v) is 8.17. The number of hydrogen-bond acceptors (Lipinski definition) is 6. The number of rotatable bonds is 6. The van der Waals surface area contributed by atoms with Gasteiger partial charge in [0, 0.05) is 42.1 Å². The molecule has 0 bridgehead atoms. The number of amides is 1. The summed E-state index contributed by atoms with van der Waals surface area (Å²) < 4.78 is 27.0. The van der Waals surface area contributed by atoms with Gasteiger partial charge in [0.25, 0.3) is 0 Å². The van der Waals surface area contributed by atoms with Crippen LogP contribution in [-0.4, -0.2) is 61.2 Å². The van der Waals surface area contributed by atoms with E-state index in [2.05, 4.69) is 10.3 Å². The zero-order chi connectivity index (χ0) is 22.7. The molecule has 1 N–H and O–H groups in total. The zero-order valence-electron chi connectivity index (χ0n) is 17.5. The number of sulfonamides is 1. The maximum atomic E-state index is 12.8. The highest BCUT2D eigenvalue weighted by atomic mass is 35.5. The van der Waals surface area contributed by atoms with Crippen LogP contribution in [0.3, 0.4) is 0 Å². The number of thiazole rings is 1. The molecule has 1 fully saturated rings. The summed E-state index contributed by atoms with van der Waals surface area (Å²) in [6.45, 7) is 3.83. The van der Waals surface area contributed by atoms with E-state index in [1.807, 2.05) is 41.5 Å². The van der Waals surface area contributed by atoms with E-state index in [0.717, 1.165) is 11.3 Å². The Morgan fingerprint density at radius 3 is 2.38 bits per heavy atom. The molecule has 0 radical (unpaired) electrons. The van der Waals surface area contributed by atoms with Crippen LogP contribution in [0.25, 0.3) is 11.3 Å². The van der Waals surface area contributed by atoms with Crippen molar-refractivity contribution in [3.8, 4) is 11.3 Å². The molecule has 2 aromatic carbocycles. The van der Waals surface area contributed by atoms with Crippen LogP contribution in [0.4, 0.5) is 5.13 Å². The molecule has 1 aromatic heterocycles. The average molecular weight is 491 g/mol. The van der Waals surface area contributed by atoms with Crippen LogP contribution in [0.1, 0.15) is 5.56 Å². The number of hydrogen-bond donors (Lipinski definition) is 1. The first-order chi connectivity index (χ1) is 15.3. The van der Waals surface area contributed by atoms with Crippen molar-refractivity contribution in [2.75, 3.05) is 38.0 Å². The smallest absolute Gasteiger partial charge is 0.243 e. The summed E-state index contributed by atoms with van der Waals surface area (Å²) in [7, 11) is -3.57. The molecule has 0 unspecified atom stereocenters. The number of carbonyl (C=O) groups excluding carboxylic acids is 1. The Morgan fingerprint density at radius 1 is 1.06 bits per heavy atom. The van der Waals surface area contributed by atoms with Gasteiger partial charge >= 0.3 is 0 Å². The van der Waals surface area contributed by atoms with Gasteiger partial charge < -0.3 is 5.32 Å². The van der Waals surface area contributed by atoms with E-state index in [1.165, 1.54) is 33.3 Å². The Kier molecular flexibility index (Phi) is 6.92. The summed E-state index contributed by atoms with van der Waals surface area (Å²) >= 11 is 7.24. The highest BCUT2D eigenvalue weighted by Gasteiger charge is 2.29. The second-order valence-corrected chi connectivity index (χ2v) is 10.8. The zero-order valence-corrected chi connectivity index (χ0v) is 19.9. The van der Waals surface area contributed by atoms with E-state index < -0.39 is 10.0 Å². The van der Waals surface area contributed by atoms with Crippen molar-refractivity contribution in [3.63, 3.8) is 0 Å². The Labute approximate surface area is 196 Å². The summed E-state index contributed by atoms with van der Waals surface area (Å²) in [5.74, 6) is -0.163. The average Bonchev–Trinajstić information content (AvgIpc) is 3.23. The van der Waals surface area contributed by atoms with Crippen LogP contribution in [0.15, 0.2) is 58.8 Å². The van der Waals surface area contributed by atoms with Gasteiger partial charge in [-0.3, -0.25) is 9.69 Å². The number of anilines is 1. The molecule has 1 saturated heterocycles. The molecule has 1 aliphatic rings. The lowest BCUT2D eigenvalue weighted by Crippen LogP contribution is -2.50. The van der Waals surface area contributed by atoms with Crippen molar-refractivity contribution in [2.45, 2.75) is 11.8 Å². The molecule has 10 heteroatoms. The van der Waals surface area contributed by atoms with Crippen LogP contribution < -0.4 is 5.32 Å². The minimum Gasteiger partial charge on any atom is -0.301 e. The summed E-state index contributed by atoms with van der Waals surface area (Å²) in [6.07, 6.45) is 0. The van der Waals surface area contributed by atoms with Crippen LogP contribution in [0.5, 0.6) is 0 Å². The summed E-state index contributed by atoms with van der Waals surface area (Å²) in [5, 5.41) is 5.81. The van der Waals surface area contributed by atoms with Crippen molar-refractivity contribution in [1.82, 2.24) is 14.2 Å². The number of aryl methyl sites for hydroxylation is 1. The first-order valence-electron chi connectivity index (χ1n) is 10.1. The Morgan fingerprint density at radius 2 is 1.72 bits per heavy atom. The van der Waals surface area contributed by atoms with E-state index in [1.54, 1.807) is 12.1 Å². The Hall–Kier alpha value is -2.30. The van der Waals surface area contributed by atoms with Crippen molar-refractivity contribution < 1.29 is 13.2 Å². The number of nitrogens with zero attached hydrogens (tertiary/aromatic N) is 3. The third-order valence-electron chi connectivity index (χ3n) is 5.25. The lowest BCUT2D eigenvalue weighted by atomic mass is 10.1. The molecule has 3 aromatic rings. The van der Waals surface area contributed by atoms with Gasteiger partial charge in [-0.15, -0.1) is 11.3 Å². The quantitative estimate of drug-likeness (QED) is 0.569. The molecule has 0 spiro atoms. The predicted octanol–water partition coefficient (Wildman–Crippen LogP) is 3.72. The summed E-state index contributed by atoms with van der Waals surface area (Å²) in [5.41, 5.74) is 3.01. The number of aromatic nitrogens is 1. The molecule has 32 heavy (non-hydrogen) atoms. The maximum absolute atomic E-state index is 12.8. The second kappa shape index (κ2) is 9.68. The Balaban J connectivity index is 1.29. The van der Waals surface area contributed by atoms with Gasteiger partial charge in [-0.05, 0) is 31.2 Å². The van der Waals surface area contributed by atoms with Gasteiger partial charge in [0.1, 0.15) is 0 Å². The standard InChI is InChI=1S/C22H23ClN4O3S2/c1-16-2-4-17(5-3-16)20-15-31-22(24-20)25-21(28)14-26-10-12-27(13-11-26)32(29,30)19-8-6-18(23)7-9-19/h2-9,15H,10-14H2,1H3,(H,24,25,28). The van der Waals surface area contributed by atoms with E-state index in [-0.39, 0.29) is 17.3 Å². The molecule has 2 heterocycles. The molecule has 168 valence electrons. The van der Waals surface area contributed by atoms with Crippen molar-refractivity contribution in [2.24, 2.45) is 0 Å². The fourth-order valence-electron chi connectivity index (χ4n) is 3.43. The highest BCUT2D eigenvalue weighted by molar-refractivity contribution is 7.89. The maximum Gasteiger partial charge on any atom is 0.243 e. The Bertz CT molecular complexity index is 1190. The molecule has 0 aliphatic carbocycles. The fraction of sp³-hybridized carbons (Fsp3) is 0.273. The monoisotopic (exact) mass is 490 g/mol. The molecular formula is C22H23ClN4O3S2. The van der Waals surface area contributed by atoms with Crippen molar-refractivity contribution in [1.29, 1.82) is 0 Å². The van der Waals surface area contributed by atoms with Crippen molar-refractivity contribution >= 4 is 44.0 Å². The van der Waals surface area contributed by atoms with Crippen LogP contribution in [-0.2, 0) is 14.8 Å². The summed E-state index contributed by atoms with van der Waals surface area (Å²) in [4.78, 5) is 19.1. The normalized spacial score (nSPS) is 15.6. The van der Waals surface area contributed by atoms with Gasteiger partial charge in [0.05, 0.1) is 17.1 Å². The van der Waals surface area contributed by atoms with Gasteiger partial charge in [-0.25, -0.2) is 13.4 Å². The summed E-state index contributed by atoms with van der Waals surface area (Å²) in [6, 6.07) is 14.2. The molecule has 0 atom stereocenters. The number of benzene rings is 2. The fourth-order valence-corrected chi connectivity index (χ4v) is 5.72. The number of halogens is 1. The van der Waals surface area contributed by atoms with E-state index >= 15 is 0 Å². The predicted molar refractivity (Wildman–Crippen MR) is 128 cm³/mol. The lowest BCUT2D eigenvalue weighted by molar-refractivity contribution is -0.117. The molecule has 1 amide bonds. The van der Waals surface area contributed by atoms with E-state index in [9.17, 15) is 13.2 Å². The number of carbonyl (C=O) groups is 1. The molecule has 1 aliphatic heterocycles. The topological polar surface area (TPSA) is 82.6 Å². The van der Waals surface area contributed by atoms with Crippen LogP contribution in [0, 0.1) is 6.92 Å². The van der Waals surface area contributed by atoms with Crippen LogP contribution >= 0.6 is 22.9 Å². The molecular weight excluding hydrogens is 468 g/mol. The SMILES string of the molecule is Cc1ccc(-c2csc(NC(=O)CN3CCN(S(=O)(=O)c4ccc(Cl)cc4)CC3)n2)cc1. The number of piperazine rings is 1. The van der Waals surface area contributed by atoms with Gasteiger partial charge in [-0.1, -0.05) is 41.4 Å². The molecule has 4 rings (SSSR count). The van der Waals surface area contributed by atoms with E-state index in [0.29, 0.717) is 36.3 Å². The first-order valence-corrected chi connectivity index (χ1v) is 12.8. The molecule has 7 nitrogen and oxygen atoms in total. The van der Waals surface area contributed by atoms with Gasteiger partial charge in [0.15, 0.2) is 5.13 Å². The first kappa shape index (κ1) is 22.9. The molecule has 0 saturated carbocycles. The van der Waals surface area contributed by atoms with Gasteiger partial charge in [0.2, 0.25) is 15.9 Å². The number of nitrogens with one attached hydrogen (secondary N) is 1. The minimum atomic E-state index is -3.57. The van der Waals surface area contributed by atoms with Gasteiger partial charge in [-0.2, -0.15) is 4.31 Å². The minimum absolute atomic E-state index is 0.163. The third kappa shape index (κ3) is 5.36. The lowest BCUT2D eigenvalue weighted by Gasteiger charge is -2.33. The van der Waals surface area contributed by atoms with Crippen molar-refractivity contribution in [3.05, 3.63) is 64.5 Å². The second-order valence-electron chi connectivity index (χ2n) is 7.59.